The summed E-state index contributed by atoms with van der Waals surface area (Å²) in [6, 6.07) is 6.39. The Labute approximate surface area is 125 Å². The maximum Gasteiger partial charge on any atom is 0.339 e. The van der Waals surface area contributed by atoms with Gasteiger partial charge in [0.2, 0.25) is 0 Å². The van der Waals surface area contributed by atoms with Crippen molar-refractivity contribution in [3.63, 3.8) is 0 Å². The molecule has 2 aliphatic heterocycles. The zero-order valence-electron chi connectivity index (χ0n) is 12.6. The van der Waals surface area contributed by atoms with Crippen LogP contribution in [0.5, 0.6) is 5.75 Å². The van der Waals surface area contributed by atoms with Gasteiger partial charge in [-0.15, -0.1) is 0 Å². The Balaban J connectivity index is 1.88. The molecule has 0 saturated carbocycles. The van der Waals surface area contributed by atoms with Gasteiger partial charge in [0.1, 0.15) is 12.2 Å². The van der Waals surface area contributed by atoms with Gasteiger partial charge in [-0.2, -0.15) is 0 Å². The van der Waals surface area contributed by atoms with Crippen LogP contribution in [-0.2, 0) is 0 Å². The molecule has 0 bridgehead atoms. The van der Waals surface area contributed by atoms with Crippen LogP contribution >= 0.6 is 0 Å². The second-order valence-corrected chi connectivity index (χ2v) is 6.03. The van der Waals surface area contributed by atoms with E-state index in [4.69, 9.17) is 4.74 Å². The smallest absolute Gasteiger partial charge is 0.339 e. The number of hydrogen-bond acceptors (Lipinski definition) is 4. The molecule has 21 heavy (non-hydrogen) atoms. The molecule has 0 radical (unpaired) electrons. The average molecular weight is 290 g/mol. The third-order valence-electron chi connectivity index (χ3n) is 4.48. The number of carboxylic acids is 1. The standard InChI is InChI=1S/C16H22N2O3/c1-11(2)17-7-6-12(10-17)18-8-9-21-15-13(16(19)20)4-3-5-14(15)18/h3-5,11-12H,6-10H2,1-2H3,(H,19,20). The third-order valence-corrected chi connectivity index (χ3v) is 4.48. The lowest BCUT2D eigenvalue weighted by Crippen LogP contribution is -2.43. The largest absolute Gasteiger partial charge is 0.489 e. The van der Waals surface area contributed by atoms with Crippen LogP contribution in [0.25, 0.3) is 0 Å². The first-order valence-electron chi connectivity index (χ1n) is 7.57. The van der Waals surface area contributed by atoms with E-state index in [0.29, 0.717) is 24.4 Å². The molecule has 0 aromatic heterocycles. The third kappa shape index (κ3) is 2.58. The molecule has 3 rings (SSSR count). The van der Waals surface area contributed by atoms with Crippen LogP contribution in [0.15, 0.2) is 18.2 Å². The Hall–Kier alpha value is -1.75. The van der Waals surface area contributed by atoms with Gasteiger partial charge in [-0.1, -0.05) is 6.07 Å². The second-order valence-electron chi connectivity index (χ2n) is 6.03. The van der Waals surface area contributed by atoms with E-state index >= 15 is 0 Å². The lowest BCUT2D eigenvalue weighted by Gasteiger charge is -2.36. The fourth-order valence-electron chi connectivity index (χ4n) is 3.31. The molecule has 1 aromatic rings. The number of nitrogens with zero attached hydrogens (tertiary/aromatic N) is 2. The average Bonchev–Trinajstić information content (AvgIpc) is 2.95. The molecular formula is C16H22N2O3. The summed E-state index contributed by atoms with van der Waals surface area (Å²) >= 11 is 0. The number of benzene rings is 1. The number of likely N-dealkylation sites (tertiary alicyclic amines) is 1. The van der Waals surface area contributed by atoms with Gasteiger partial charge in [0.05, 0.1) is 12.2 Å². The fourth-order valence-corrected chi connectivity index (χ4v) is 3.31. The van der Waals surface area contributed by atoms with Crippen molar-refractivity contribution in [2.45, 2.75) is 32.4 Å². The van der Waals surface area contributed by atoms with E-state index in [9.17, 15) is 9.90 Å². The van der Waals surface area contributed by atoms with Crippen molar-refractivity contribution in [3.05, 3.63) is 23.8 Å². The summed E-state index contributed by atoms with van der Waals surface area (Å²) in [5.41, 5.74) is 1.19. The van der Waals surface area contributed by atoms with Gasteiger partial charge in [0.15, 0.2) is 5.75 Å². The summed E-state index contributed by atoms with van der Waals surface area (Å²) in [6.07, 6.45) is 1.12. The summed E-state index contributed by atoms with van der Waals surface area (Å²) in [7, 11) is 0. The van der Waals surface area contributed by atoms with Crippen molar-refractivity contribution in [1.29, 1.82) is 0 Å². The monoisotopic (exact) mass is 290 g/mol. The second kappa shape index (κ2) is 5.56. The minimum atomic E-state index is -0.927. The van der Waals surface area contributed by atoms with Crippen LogP contribution in [0.3, 0.4) is 0 Å². The number of aromatic carboxylic acids is 1. The van der Waals surface area contributed by atoms with Gasteiger partial charge >= 0.3 is 5.97 Å². The quantitative estimate of drug-likeness (QED) is 0.923. The molecule has 2 aliphatic rings. The number of carboxylic acid groups (broad SMARTS) is 1. The van der Waals surface area contributed by atoms with E-state index in [1.807, 2.05) is 6.07 Å². The summed E-state index contributed by atoms with van der Waals surface area (Å²) < 4.78 is 5.64. The van der Waals surface area contributed by atoms with E-state index in [1.54, 1.807) is 12.1 Å². The van der Waals surface area contributed by atoms with Crippen LogP contribution < -0.4 is 9.64 Å². The Morgan fingerprint density at radius 3 is 2.86 bits per heavy atom. The number of anilines is 1. The topological polar surface area (TPSA) is 53.0 Å². The maximum absolute atomic E-state index is 11.3. The molecule has 1 N–H and O–H groups in total. The number of carbonyl (C=O) groups is 1. The molecule has 0 aliphatic carbocycles. The number of fused-ring (bicyclic) bond motifs is 1. The van der Waals surface area contributed by atoms with Gasteiger partial charge in [-0.3, -0.25) is 4.90 Å². The molecular weight excluding hydrogens is 268 g/mol. The maximum atomic E-state index is 11.3. The lowest BCUT2D eigenvalue weighted by atomic mass is 10.1. The molecule has 1 atom stereocenters. The number of para-hydroxylation sites is 1. The van der Waals surface area contributed by atoms with Crippen LogP contribution in [-0.4, -0.2) is 54.3 Å². The highest BCUT2D eigenvalue weighted by molar-refractivity contribution is 5.93. The zero-order valence-corrected chi connectivity index (χ0v) is 12.6. The fraction of sp³-hybridized carbons (Fsp3) is 0.562. The highest BCUT2D eigenvalue weighted by atomic mass is 16.5. The number of hydrogen-bond donors (Lipinski definition) is 1. The van der Waals surface area contributed by atoms with Crippen molar-refractivity contribution < 1.29 is 14.6 Å². The SMILES string of the molecule is CC(C)N1CCC(N2CCOc3c(C(=O)O)cccc32)C1. The van der Waals surface area contributed by atoms with Crippen LogP contribution in [0.2, 0.25) is 0 Å². The normalized spacial score (nSPS) is 22.2. The van der Waals surface area contributed by atoms with E-state index in [1.165, 1.54) is 0 Å². The predicted molar refractivity (Wildman–Crippen MR) is 81.4 cm³/mol. The van der Waals surface area contributed by atoms with Gasteiger partial charge in [0.25, 0.3) is 0 Å². The number of ether oxygens (including phenoxy) is 1. The molecule has 1 fully saturated rings. The molecule has 2 heterocycles. The Morgan fingerprint density at radius 1 is 1.38 bits per heavy atom. The predicted octanol–water partition coefficient (Wildman–Crippen LogP) is 2.07. The highest BCUT2D eigenvalue weighted by Crippen LogP contribution is 2.37. The Morgan fingerprint density at radius 2 is 2.19 bits per heavy atom. The van der Waals surface area contributed by atoms with Crippen molar-refractivity contribution in [1.82, 2.24) is 4.90 Å². The molecule has 5 heteroatoms. The first-order chi connectivity index (χ1) is 10.1. The summed E-state index contributed by atoms with van der Waals surface area (Å²) in [5.74, 6) is -0.400. The summed E-state index contributed by atoms with van der Waals surface area (Å²) in [4.78, 5) is 16.1. The van der Waals surface area contributed by atoms with Crippen molar-refractivity contribution in [3.8, 4) is 5.75 Å². The van der Waals surface area contributed by atoms with Crippen molar-refractivity contribution >= 4 is 11.7 Å². The minimum absolute atomic E-state index is 0.260. The Kier molecular flexibility index (Phi) is 3.76. The molecule has 0 spiro atoms. The van der Waals surface area contributed by atoms with E-state index < -0.39 is 5.97 Å². The van der Waals surface area contributed by atoms with Gasteiger partial charge in [-0.25, -0.2) is 4.79 Å². The molecule has 0 amide bonds. The van der Waals surface area contributed by atoms with Gasteiger partial charge < -0.3 is 14.7 Å². The Bertz CT molecular complexity index is 544. The zero-order chi connectivity index (χ0) is 15.0. The first-order valence-corrected chi connectivity index (χ1v) is 7.57. The first kappa shape index (κ1) is 14.2. The van der Waals surface area contributed by atoms with E-state index in [-0.39, 0.29) is 5.56 Å². The molecule has 1 unspecified atom stereocenters. The van der Waals surface area contributed by atoms with Gasteiger partial charge in [-0.05, 0) is 32.4 Å². The van der Waals surface area contributed by atoms with Crippen molar-refractivity contribution in [2.24, 2.45) is 0 Å². The van der Waals surface area contributed by atoms with Crippen LogP contribution in [0.4, 0.5) is 5.69 Å². The highest BCUT2D eigenvalue weighted by Gasteiger charge is 2.33. The summed E-state index contributed by atoms with van der Waals surface area (Å²) in [6.45, 7) is 7.96. The van der Waals surface area contributed by atoms with Crippen LogP contribution in [0, 0.1) is 0 Å². The van der Waals surface area contributed by atoms with Gasteiger partial charge in [0, 0.05) is 25.2 Å². The van der Waals surface area contributed by atoms with Crippen molar-refractivity contribution in [2.75, 3.05) is 31.1 Å². The minimum Gasteiger partial charge on any atom is -0.489 e. The molecule has 1 aromatic carbocycles. The molecule has 1 saturated heterocycles. The number of rotatable bonds is 3. The molecule has 114 valence electrons. The lowest BCUT2D eigenvalue weighted by molar-refractivity contribution is 0.0692. The summed E-state index contributed by atoms with van der Waals surface area (Å²) in [5, 5.41) is 9.30. The van der Waals surface area contributed by atoms with E-state index in [2.05, 4.69) is 23.6 Å². The van der Waals surface area contributed by atoms with E-state index in [0.717, 1.165) is 31.7 Å². The van der Waals surface area contributed by atoms with Crippen LogP contribution in [0.1, 0.15) is 30.6 Å². The molecule has 5 nitrogen and oxygen atoms in total.